The van der Waals surface area contributed by atoms with Crippen LogP contribution < -0.4 is 5.32 Å². The fourth-order valence-electron chi connectivity index (χ4n) is 7.56. The molecule has 0 aliphatic carbocycles. The number of benzene rings is 4. The maximum absolute atomic E-state index is 13.3. The summed E-state index contributed by atoms with van der Waals surface area (Å²) in [6.45, 7) is 4.85. The Morgan fingerprint density at radius 2 is 1.46 bits per heavy atom. The number of methoxy groups -OCH3 is 1. The van der Waals surface area contributed by atoms with E-state index in [1.165, 1.54) is 30.4 Å². The molecule has 0 saturated carbocycles. The van der Waals surface area contributed by atoms with Crippen molar-refractivity contribution < 1.29 is 24.7 Å². The topological polar surface area (TPSA) is 137 Å². The maximum Gasteiger partial charge on any atom is 0.336 e. The van der Waals surface area contributed by atoms with Gasteiger partial charge >= 0.3 is 5.97 Å². The van der Waals surface area contributed by atoms with E-state index in [2.05, 4.69) is 70.9 Å². The Morgan fingerprint density at radius 1 is 0.923 bits per heavy atom. The lowest BCUT2D eigenvalue weighted by atomic mass is 9.68. The minimum Gasteiger partial charge on any atom is -0.466 e. The number of halogens is 1. The smallest absolute Gasteiger partial charge is 0.336 e. The Balaban J connectivity index is 0.00000302. The normalized spacial score (nSPS) is 16.8. The molecule has 6 rings (SSSR count). The number of dihydropyridines is 1. The molecule has 0 radical (unpaired) electrons. The summed E-state index contributed by atoms with van der Waals surface area (Å²) in [6.07, 6.45) is 3.50. The number of carbonyl (C=O) groups excluding carboxylic acids is 2. The number of nitro benzene ring substituents is 1. The van der Waals surface area contributed by atoms with E-state index in [-0.39, 0.29) is 29.0 Å². The molecule has 4 aromatic carbocycles. The number of nitrogens with zero attached hydrogens (tertiary/aromatic N) is 3. The van der Waals surface area contributed by atoms with Crippen LogP contribution in [0.1, 0.15) is 54.4 Å². The van der Waals surface area contributed by atoms with E-state index in [0.29, 0.717) is 41.2 Å². The van der Waals surface area contributed by atoms with Gasteiger partial charge in [0.2, 0.25) is 6.41 Å². The lowest BCUT2D eigenvalue weighted by Gasteiger charge is -2.43. The highest BCUT2D eigenvalue weighted by Gasteiger charge is 2.39. The van der Waals surface area contributed by atoms with Crippen molar-refractivity contribution in [3.05, 3.63) is 165 Å². The van der Waals surface area contributed by atoms with Crippen LogP contribution in [-0.4, -0.2) is 65.9 Å². The van der Waals surface area contributed by atoms with E-state index >= 15 is 0 Å². The summed E-state index contributed by atoms with van der Waals surface area (Å²) < 4.78 is 5.24. The minimum atomic E-state index is -0.711. The van der Waals surface area contributed by atoms with Crippen LogP contribution in [0, 0.1) is 10.1 Å². The van der Waals surface area contributed by atoms with Gasteiger partial charge in [-0.15, -0.1) is 12.4 Å². The molecule has 1 saturated heterocycles. The molecule has 1 unspecified atom stereocenters. The minimum absolute atomic E-state index is 0. The summed E-state index contributed by atoms with van der Waals surface area (Å²) in [6, 6.07) is 37.4. The highest BCUT2D eigenvalue weighted by atomic mass is 35.5. The molecular weight excluding hydrogens is 680 g/mol. The van der Waals surface area contributed by atoms with Crippen molar-refractivity contribution >= 4 is 36.2 Å². The van der Waals surface area contributed by atoms with E-state index in [0.717, 1.165) is 44.4 Å². The SMILES string of the molecule is COC(=O)C1=C(C)NC(c2ccccc2)=C(N(C=O)CCCN2CCC(c3ccccc3)(c3ccccc3)CC2)C1c1ccc([N+](=O)[O-])cc1.Cl.O. The lowest BCUT2D eigenvalue weighted by Crippen LogP contribution is -2.44. The van der Waals surface area contributed by atoms with E-state index < -0.39 is 16.8 Å². The van der Waals surface area contributed by atoms with Crippen LogP contribution >= 0.6 is 12.4 Å². The fourth-order valence-corrected chi connectivity index (χ4v) is 7.56. The number of piperidine rings is 1. The summed E-state index contributed by atoms with van der Waals surface area (Å²) in [5.74, 6) is -1.25. The highest BCUT2D eigenvalue weighted by Crippen LogP contribution is 2.44. The number of allylic oxidation sites excluding steroid dienone is 2. The summed E-state index contributed by atoms with van der Waals surface area (Å²) in [5.41, 5.74) is 6.27. The molecule has 2 heterocycles. The molecule has 1 amide bonds. The molecule has 2 aliphatic rings. The number of rotatable bonds is 12. The van der Waals surface area contributed by atoms with Crippen LogP contribution in [0.2, 0.25) is 0 Å². The molecular formula is C41H45ClN4O6. The van der Waals surface area contributed by atoms with Crippen molar-refractivity contribution in [1.82, 2.24) is 15.1 Å². The number of amides is 1. The molecule has 1 fully saturated rings. The van der Waals surface area contributed by atoms with E-state index in [1.54, 1.807) is 24.0 Å². The number of esters is 1. The first-order valence-corrected chi connectivity index (χ1v) is 17.0. The van der Waals surface area contributed by atoms with Crippen molar-refractivity contribution in [3.63, 3.8) is 0 Å². The van der Waals surface area contributed by atoms with Crippen LogP contribution in [-0.2, 0) is 19.7 Å². The second-order valence-electron chi connectivity index (χ2n) is 12.9. The number of non-ortho nitro benzene ring substituents is 1. The number of nitro groups is 1. The quantitative estimate of drug-likeness (QED) is 0.0750. The molecule has 4 aromatic rings. The third kappa shape index (κ3) is 8.10. The third-order valence-corrected chi connectivity index (χ3v) is 10.1. The molecule has 10 nitrogen and oxygen atoms in total. The first-order valence-electron chi connectivity index (χ1n) is 17.0. The predicted molar refractivity (Wildman–Crippen MR) is 205 cm³/mol. The van der Waals surface area contributed by atoms with E-state index in [1.807, 2.05) is 30.3 Å². The van der Waals surface area contributed by atoms with Gasteiger partial charge < -0.3 is 25.3 Å². The molecule has 1 atom stereocenters. The maximum atomic E-state index is 13.3. The highest BCUT2D eigenvalue weighted by molar-refractivity contribution is 5.95. The number of carbonyl (C=O) groups is 2. The average molecular weight is 725 g/mol. The Bertz CT molecular complexity index is 1840. The van der Waals surface area contributed by atoms with Crippen LogP contribution in [0.15, 0.2) is 132 Å². The van der Waals surface area contributed by atoms with Crippen LogP contribution in [0.3, 0.4) is 0 Å². The zero-order valence-corrected chi connectivity index (χ0v) is 30.2. The largest absolute Gasteiger partial charge is 0.466 e. The van der Waals surface area contributed by atoms with Gasteiger partial charge in [0.25, 0.3) is 5.69 Å². The average Bonchev–Trinajstić information content (AvgIpc) is 3.17. The van der Waals surface area contributed by atoms with Crippen molar-refractivity contribution in [2.75, 3.05) is 33.3 Å². The van der Waals surface area contributed by atoms with Crippen molar-refractivity contribution in [3.8, 4) is 0 Å². The number of ether oxygens (including phenoxy) is 1. The Morgan fingerprint density at radius 3 is 1.96 bits per heavy atom. The van der Waals surface area contributed by atoms with Gasteiger partial charge in [-0.1, -0.05) is 103 Å². The van der Waals surface area contributed by atoms with Gasteiger partial charge in [0.15, 0.2) is 0 Å². The zero-order valence-electron chi connectivity index (χ0n) is 29.4. The summed E-state index contributed by atoms with van der Waals surface area (Å²) in [7, 11) is 1.33. The van der Waals surface area contributed by atoms with Crippen LogP contribution in [0.4, 0.5) is 5.69 Å². The number of likely N-dealkylation sites (tertiary alicyclic amines) is 1. The number of hydrogen-bond acceptors (Lipinski definition) is 7. The fraction of sp³-hybridized carbons (Fsp3) is 0.268. The molecule has 52 heavy (non-hydrogen) atoms. The first-order chi connectivity index (χ1) is 24.4. The van der Waals surface area contributed by atoms with Gasteiger partial charge in [-0.25, -0.2) is 4.79 Å². The Labute approximate surface area is 310 Å². The van der Waals surface area contributed by atoms with E-state index in [4.69, 9.17) is 4.74 Å². The molecule has 272 valence electrons. The molecule has 0 spiro atoms. The molecule has 2 aliphatic heterocycles. The van der Waals surface area contributed by atoms with Crippen molar-refractivity contribution in [2.24, 2.45) is 0 Å². The van der Waals surface area contributed by atoms with Gasteiger partial charge in [0.1, 0.15) is 0 Å². The molecule has 0 bridgehead atoms. The summed E-state index contributed by atoms with van der Waals surface area (Å²) >= 11 is 0. The number of nitrogens with one attached hydrogen (secondary N) is 1. The van der Waals surface area contributed by atoms with Gasteiger partial charge in [-0.3, -0.25) is 14.9 Å². The van der Waals surface area contributed by atoms with Gasteiger partial charge in [-0.05, 0) is 68.1 Å². The summed E-state index contributed by atoms with van der Waals surface area (Å²) in [4.78, 5) is 41.6. The van der Waals surface area contributed by atoms with Crippen molar-refractivity contribution in [2.45, 2.75) is 37.5 Å². The second-order valence-corrected chi connectivity index (χ2v) is 12.9. The van der Waals surface area contributed by atoms with Gasteiger partial charge in [0, 0.05) is 29.8 Å². The Kier molecular flexibility index (Phi) is 13.5. The van der Waals surface area contributed by atoms with Crippen LogP contribution in [0.5, 0.6) is 0 Å². The van der Waals surface area contributed by atoms with E-state index in [9.17, 15) is 19.7 Å². The Hall–Kier alpha value is -5.29. The second kappa shape index (κ2) is 17.8. The zero-order chi connectivity index (χ0) is 35.1. The molecule has 11 heteroatoms. The number of hydrogen-bond donors (Lipinski definition) is 1. The molecule has 0 aromatic heterocycles. The third-order valence-electron chi connectivity index (χ3n) is 10.1. The van der Waals surface area contributed by atoms with Gasteiger partial charge in [0.05, 0.1) is 34.9 Å². The molecule has 3 N–H and O–H groups in total. The first kappa shape index (κ1) is 39.5. The predicted octanol–water partition coefficient (Wildman–Crippen LogP) is 6.63. The monoisotopic (exact) mass is 724 g/mol. The summed E-state index contributed by atoms with van der Waals surface area (Å²) in [5, 5.41) is 14.9. The van der Waals surface area contributed by atoms with Crippen molar-refractivity contribution in [1.29, 1.82) is 0 Å². The standard InChI is InChI=1S/C41H42N4O5.ClH.H2O/c1-30-36(40(47)50-2)37(31-19-21-35(22-20-31)45(48)49)39(38(42-30)32-13-6-3-7-14-32)44(29-46)26-12-25-43-27-23-41(24-28-43,33-15-8-4-9-16-33)34-17-10-5-11-18-34;;/h3-11,13-22,29,37,42H,12,23-28H2,1-2H3;1H;1H2. The van der Waals surface area contributed by atoms with Crippen LogP contribution in [0.25, 0.3) is 5.70 Å². The van der Waals surface area contributed by atoms with Gasteiger partial charge in [-0.2, -0.15) is 0 Å². The lowest BCUT2D eigenvalue weighted by molar-refractivity contribution is -0.384.